The minimum atomic E-state index is -0.715. The lowest BCUT2D eigenvalue weighted by atomic mass is 10.2. The molecule has 0 bridgehead atoms. The van der Waals surface area contributed by atoms with Crippen LogP contribution in [0.2, 0.25) is 0 Å². The Morgan fingerprint density at radius 2 is 1.61 bits per heavy atom. The summed E-state index contributed by atoms with van der Waals surface area (Å²) in [6.45, 7) is 2.32. The Kier molecular flexibility index (Phi) is 4.68. The van der Waals surface area contributed by atoms with E-state index in [9.17, 15) is 5.11 Å². The van der Waals surface area contributed by atoms with Gasteiger partial charge in [0.2, 0.25) is 0 Å². The van der Waals surface area contributed by atoms with Gasteiger partial charge in [0.15, 0.2) is 0 Å². The molecule has 1 aromatic heterocycles. The SMILES string of the molecule is Cc1cccc(OCC(O)COc2ccc3nccnc3c2)c1. The molecule has 23 heavy (non-hydrogen) atoms. The fourth-order valence-electron chi connectivity index (χ4n) is 2.17. The Morgan fingerprint density at radius 1 is 0.913 bits per heavy atom. The van der Waals surface area contributed by atoms with Crippen molar-refractivity contribution in [1.82, 2.24) is 9.97 Å². The van der Waals surface area contributed by atoms with Crippen molar-refractivity contribution in [2.24, 2.45) is 0 Å². The number of aryl methyl sites for hydroxylation is 1. The molecular weight excluding hydrogens is 292 g/mol. The standard InChI is InChI=1S/C18H18N2O3/c1-13-3-2-4-15(9-13)22-11-14(21)12-23-16-5-6-17-18(10-16)20-8-7-19-17/h2-10,14,21H,11-12H2,1H3. The summed E-state index contributed by atoms with van der Waals surface area (Å²) >= 11 is 0. The molecule has 0 spiro atoms. The molecule has 0 aliphatic carbocycles. The number of aliphatic hydroxyl groups excluding tert-OH is 1. The van der Waals surface area contributed by atoms with Crippen LogP contribution in [0.5, 0.6) is 11.5 Å². The van der Waals surface area contributed by atoms with E-state index in [4.69, 9.17) is 9.47 Å². The molecule has 1 unspecified atom stereocenters. The second kappa shape index (κ2) is 7.07. The summed E-state index contributed by atoms with van der Waals surface area (Å²) in [6, 6.07) is 13.2. The quantitative estimate of drug-likeness (QED) is 0.758. The Hall–Kier alpha value is -2.66. The minimum Gasteiger partial charge on any atom is -0.491 e. The van der Waals surface area contributed by atoms with Gasteiger partial charge >= 0.3 is 0 Å². The maximum atomic E-state index is 9.98. The highest BCUT2D eigenvalue weighted by atomic mass is 16.5. The molecule has 0 amide bonds. The minimum absolute atomic E-state index is 0.150. The fraction of sp³-hybridized carbons (Fsp3) is 0.222. The number of nitrogens with zero attached hydrogens (tertiary/aromatic N) is 2. The molecule has 5 nitrogen and oxygen atoms in total. The predicted octanol–water partition coefficient (Wildman–Crippen LogP) is 2.76. The van der Waals surface area contributed by atoms with Crippen molar-refractivity contribution in [2.45, 2.75) is 13.0 Å². The average Bonchev–Trinajstić information content (AvgIpc) is 2.58. The lowest BCUT2D eigenvalue weighted by Gasteiger charge is -2.14. The van der Waals surface area contributed by atoms with Crippen molar-refractivity contribution >= 4 is 11.0 Å². The van der Waals surface area contributed by atoms with Gasteiger partial charge in [0.05, 0.1) is 11.0 Å². The van der Waals surface area contributed by atoms with Gasteiger partial charge in [0.25, 0.3) is 0 Å². The molecule has 0 aliphatic rings. The van der Waals surface area contributed by atoms with Crippen LogP contribution in [0.3, 0.4) is 0 Å². The van der Waals surface area contributed by atoms with E-state index in [2.05, 4.69) is 9.97 Å². The number of rotatable bonds is 6. The van der Waals surface area contributed by atoms with E-state index in [1.54, 1.807) is 18.5 Å². The molecule has 0 saturated carbocycles. The Bertz CT molecular complexity index is 792. The summed E-state index contributed by atoms with van der Waals surface area (Å²) in [5, 5.41) is 9.98. The van der Waals surface area contributed by atoms with Crippen molar-refractivity contribution < 1.29 is 14.6 Å². The van der Waals surface area contributed by atoms with E-state index in [1.807, 2.05) is 43.3 Å². The molecule has 1 atom stereocenters. The molecule has 0 radical (unpaired) electrons. The second-order valence-corrected chi connectivity index (χ2v) is 5.30. The number of ether oxygens (including phenoxy) is 2. The van der Waals surface area contributed by atoms with E-state index >= 15 is 0 Å². The van der Waals surface area contributed by atoms with E-state index in [0.29, 0.717) is 5.75 Å². The summed E-state index contributed by atoms with van der Waals surface area (Å²) in [6.07, 6.45) is 2.57. The summed E-state index contributed by atoms with van der Waals surface area (Å²) in [5.41, 5.74) is 2.68. The van der Waals surface area contributed by atoms with Gasteiger partial charge in [-0.2, -0.15) is 0 Å². The van der Waals surface area contributed by atoms with Gasteiger partial charge < -0.3 is 14.6 Å². The van der Waals surface area contributed by atoms with E-state index in [1.165, 1.54) is 0 Å². The zero-order valence-corrected chi connectivity index (χ0v) is 12.8. The van der Waals surface area contributed by atoms with Crippen LogP contribution in [0.4, 0.5) is 0 Å². The smallest absolute Gasteiger partial charge is 0.122 e. The Labute approximate surface area is 134 Å². The Balaban J connectivity index is 1.52. The zero-order valence-electron chi connectivity index (χ0n) is 12.8. The van der Waals surface area contributed by atoms with Crippen molar-refractivity contribution in [3.63, 3.8) is 0 Å². The lowest BCUT2D eigenvalue weighted by Crippen LogP contribution is -2.25. The molecule has 0 fully saturated rings. The lowest BCUT2D eigenvalue weighted by molar-refractivity contribution is 0.0627. The van der Waals surface area contributed by atoms with Crippen molar-refractivity contribution in [2.75, 3.05) is 13.2 Å². The third-order valence-corrected chi connectivity index (χ3v) is 3.32. The van der Waals surface area contributed by atoms with Crippen LogP contribution < -0.4 is 9.47 Å². The maximum Gasteiger partial charge on any atom is 0.122 e. The van der Waals surface area contributed by atoms with E-state index in [-0.39, 0.29) is 13.2 Å². The number of hydrogen-bond donors (Lipinski definition) is 1. The largest absolute Gasteiger partial charge is 0.491 e. The Morgan fingerprint density at radius 3 is 2.35 bits per heavy atom. The van der Waals surface area contributed by atoms with Gasteiger partial charge in [-0.15, -0.1) is 0 Å². The third-order valence-electron chi connectivity index (χ3n) is 3.32. The van der Waals surface area contributed by atoms with Crippen LogP contribution in [0.1, 0.15) is 5.56 Å². The number of hydrogen-bond acceptors (Lipinski definition) is 5. The number of aliphatic hydroxyl groups is 1. The number of benzene rings is 2. The molecule has 0 saturated heterocycles. The highest BCUT2D eigenvalue weighted by Gasteiger charge is 2.07. The molecule has 3 aromatic rings. The number of fused-ring (bicyclic) bond motifs is 1. The molecule has 1 heterocycles. The van der Waals surface area contributed by atoms with Crippen LogP contribution >= 0.6 is 0 Å². The first-order valence-electron chi connectivity index (χ1n) is 7.42. The summed E-state index contributed by atoms with van der Waals surface area (Å²) in [4.78, 5) is 8.42. The summed E-state index contributed by atoms with van der Waals surface area (Å²) in [7, 11) is 0. The molecular formula is C18H18N2O3. The first-order chi connectivity index (χ1) is 11.2. The molecule has 5 heteroatoms. The van der Waals surface area contributed by atoms with Gasteiger partial charge in [-0.1, -0.05) is 12.1 Å². The van der Waals surface area contributed by atoms with Crippen LogP contribution in [0.25, 0.3) is 11.0 Å². The van der Waals surface area contributed by atoms with Crippen LogP contribution in [-0.4, -0.2) is 34.4 Å². The van der Waals surface area contributed by atoms with Crippen LogP contribution in [0, 0.1) is 6.92 Å². The van der Waals surface area contributed by atoms with Crippen molar-refractivity contribution in [3.8, 4) is 11.5 Å². The highest BCUT2D eigenvalue weighted by Crippen LogP contribution is 2.17. The fourth-order valence-corrected chi connectivity index (χ4v) is 2.17. The van der Waals surface area contributed by atoms with E-state index in [0.717, 1.165) is 22.3 Å². The van der Waals surface area contributed by atoms with Crippen LogP contribution in [0.15, 0.2) is 54.9 Å². The summed E-state index contributed by atoms with van der Waals surface area (Å²) < 4.78 is 11.1. The highest BCUT2D eigenvalue weighted by molar-refractivity contribution is 5.75. The topological polar surface area (TPSA) is 64.5 Å². The van der Waals surface area contributed by atoms with Crippen molar-refractivity contribution in [3.05, 3.63) is 60.4 Å². The first-order valence-corrected chi connectivity index (χ1v) is 7.42. The second-order valence-electron chi connectivity index (χ2n) is 5.30. The van der Waals surface area contributed by atoms with Gasteiger partial charge in [0, 0.05) is 18.5 Å². The van der Waals surface area contributed by atoms with Crippen LogP contribution in [-0.2, 0) is 0 Å². The predicted molar refractivity (Wildman–Crippen MR) is 87.7 cm³/mol. The normalized spacial score (nSPS) is 12.1. The van der Waals surface area contributed by atoms with Gasteiger partial charge in [-0.05, 0) is 36.8 Å². The zero-order chi connectivity index (χ0) is 16.1. The van der Waals surface area contributed by atoms with Crippen molar-refractivity contribution in [1.29, 1.82) is 0 Å². The molecule has 0 aliphatic heterocycles. The van der Waals surface area contributed by atoms with Gasteiger partial charge in [0.1, 0.15) is 30.8 Å². The molecule has 118 valence electrons. The molecule has 3 rings (SSSR count). The first kappa shape index (κ1) is 15.2. The third kappa shape index (κ3) is 4.17. The van der Waals surface area contributed by atoms with Gasteiger partial charge in [-0.3, -0.25) is 9.97 Å². The average molecular weight is 310 g/mol. The molecule has 1 N–H and O–H groups in total. The summed E-state index contributed by atoms with van der Waals surface area (Å²) in [5.74, 6) is 1.39. The van der Waals surface area contributed by atoms with Gasteiger partial charge in [-0.25, -0.2) is 0 Å². The van der Waals surface area contributed by atoms with E-state index < -0.39 is 6.10 Å². The maximum absolute atomic E-state index is 9.98. The monoisotopic (exact) mass is 310 g/mol. The number of aromatic nitrogens is 2. The molecule has 2 aromatic carbocycles.